The lowest BCUT2D eigenvalue weighted by Crippen LogP contribution is -2.06. The predicted octanol–water partition coefficient (Wildman–Crippen LogP) is 2.76. The molecule has 0 aliphatic carbocycles. The van der Waals surface area contributed by atoms with Gasteiger partial charge in [0.1, 0.15) is 17.5 Å². The molecule has 4 nitrogen and oxygen atoms in total. The van der Waals surface area contributed by atoms with Crippen LogP contribution in [0, 0.1) is 25.2 Å². The Balaban J connectivity index is 2.52. The van der Waals surface area contributed by atoms with Crippen LogP contribution in [-0.2, 0) is 0 Å². The van der Waals surface area contributed by atoms with E-state index in [4.69, 9.17) is 4.74 Å². The van der Waals surface area contributed by atoms with E-state index in [1.165, 1.54) is 0 Å². The summed E-state index contributed by atoms with van der Waals surface area (Å²) in [6.07, 6.45) is 3.30. The summed E-state index contributed by atoms with van der Waals surface area (Å²) in [6, 6.07) is 7.80. The zero-order valence-electron chi connectivity index (χ0n) is 11.2. The van der Waals surface area contributed by atoms with Crippen molar-refractivity contribution < 1.29 is 4.74 Å². The molecule has 4 heteroatoms. The first kappa shape index (κ1) is 13.0. The van der Waals surface area contributed by atoms with Crippen LogP contribution in [0.25, 0.3) is 0 Å². The average molecular weight is 253 g/mol. The van der Waals surface area contributed by atoms with Gasteiger partial charge in [-0.25, -0.2) is 9.97 Å². The van der Waals surface area contributed by atoms with Gasteiger partial charge in [-0.1, -0.05) is 6.07 Å². The summed E-state index contributed by atoms with van der Waals surface area (Å²) in [5.74, 6) is 0.899. The molecule has 96 valence electrons. The minimum atomic E-state index is -0.453. The van der Waals surface area contributed by atoms with Crippen LogP contribution in [-0.4, -0.2) is 17.1 Å². The normalized spacial score (nSPS) is 11.7. The second-order valence-corrected chi connectivity index (χ2v) is 4.28. The summed E-state index contributed by atoms with van der Waals surface area (Å²) in [7, 11) is 1.64. The molecule has 19 heavy (non-hydrogen) atoms. The van der Waals surface area contributed by atoms with Crippen molar-refractivity contribution in [2.75, 3.05) is 7.11 Å². The van der Waals surface area contributed by atoms with Crippen LogP contribution in [0.4, 0.5) is 0 Å². The summed E-state index contributed by atoms with van der Waals surface area (Å²) in [4.78, 5) is 8.35. The van der Waals surface area contributed by atoms with Crippen molar-refractivity contribution in [3.63, 3.8) is 0 Å². The molecule has 0 aliphatic rings. The van der Waals surface area contributed by atoms with Crippen molar-refractivity contribution in [2.45, 2.75) is 19.8 Å². The van der Waals surface area contributed by atoms with E-state index in [-0.39, 0.29) is 0 Å². The fraction of sp³-hybridized carbons (Fsp3) is 0.267. The fourth-order valence-corrected chi connectivity index (χ4v) is 2.08. The highest BCUT2D eigenvalue weighted by Crippen LogP contribution is 2.30. The molecule has 2 aromatic rings. The Labute approximate surface area is 112 Å². The Hall–Kier alpha value is -2.41. The second kappa shape index (κ2) is 5.49. The van der Waals surface area contributed by atoms with Gasteiger partial charge in [0.2, 0.25) is 0 Å². The molecule has 0 amide bonds. The van der Waals surface area contributed by atoms with Crippen molar-refractivity contribution in [1.82, 2.24) is 9.97 Å². The van der Waals surface area contributed by atoms with E-state index in [1.807, 2.05) is 26.0 Å². The first-order valence-corrected chi connectivity index (χ1v) is 5.99. The smallest absolute Gasteiger partial charge is 0.149 e. The second-order valence-electron chi connectivity index (χ2n) is 4.28. The Bertz CT molecular complexity index is 617. The minimum Gasteiger partial charge on any atom is -0.496 e. The number of hydrogen-bond donors (Lipinski definition) is 0. The fourth-order valence-electron chi connectivity index (χ4n) is 2.08. The monoisotopic (exact) mass is 253 g/mol. The van der Waals surface area contributed by atoms with Crippen molar-refractivity contribution in [3.05, 3.63) is 53.1 Å². The van der Waals surface area contributed by atoms with Crippen molar-refractivity contribution in [3.8, 4) is 11.8 Å². The van der Waals surface area contributed by atoms with E-state index < -0.39 is 5.92 Å². The van der Waals surface area contributed by atoms with Gasteiger partial charge in [0.15, 0.2) is 0 Å². The van der Waals surface area contributed by atoms with Crippen molar-refractivity contribution in [1.29, 1.82) is 5.26 Å². The maximum Gasteiger partial charge on any atom is 0.149 e. The Morgan fingerprint density at radius 3 is 2.42 bits per heavy atom. The number of rotatable bonds is 3. The first-order valence-electron chi connectivity index (χ1n) is 5.99. The van der Waals surface area contributed by atoms with Gasteiger partial charge in [-0.3, -0.25) is 0 Å². The summed E-state index contributed by atoms with van der Waals surface area (Å²) in [5, 5.41) is 9.41. The number of aromatic nitrogens is 2. The molecule has 0 spiro atoms. The number of ether oxygens (including phenoxy) is 1. The lowest BCUT2D eigenvalue weighted by atomic mass is 9.92. The maximum absolute atomic E-state index is 9.41. The Morgan fingerprint density at radius 2 is 1.84 bits per heavy atom. The van der Waals surface area contributed by atoms with Gasteiger partial charge >= 0.3 is 0 Å². The third kappa shape index (κ3) is 2.41. The van der Waals surface area contributed by atoms with Gasteiger partial charge < -0.3 is 4.74 Å². The maximum atomic E-state index is 9.41. The van der Waals surface area contributed by atoms with E-state index in [0.29, 0.717) is 5.82 Å². The SMILES string of the molecule is COc1ccc(C(C#N)c2ncccn2)c(C)c1C. The van der Waals surface area contributed by atoms with E-state index in [1.54, 1.807) is 25.6 Å². The van der Waals surface area contributed by atoms with Crippen molar-refractivity contribution in [2.24, 2.45) is 0 Å². The van der Waals surface area contributed by atoms with Gasteiger partial charge in [0, 0.05) is 12.4 Å². The summed E-state index contributed by atoms with van der Waals surface area (Å²) >= 11 is 0. The standard InChI is InChI=1S/C15H15N3O/c1-10-11(2)14(19-3)6-5-12(10)13(9-16)15-17-7-4-8-18-15/h4-8,13H,1-3H3. The Kier molecular flexibility index (Phi) is 3.76. The quantitative estimate of drug-likeness (QED) is 0.844. The molecule has 0 saturated carbocycles. The molecule has 1 aromatic carbocycles. The molecular formula is C15H15N3O. The van der Waals surface area contributed by atoms with Gasteiger partial charge in [0.05, 0.1) is 13.2 Å². The molecule has 1 atom stereocenters. The summed E-state index contributed by atoms with van der Waals surface area (Å²) < 4.78 is 5.29. The minimum absolute atomic E-state index is 0.453. The molecule has 1 unspecified atom stereocenters. The molecule has 0 N–H and O–H groups in total. The number of hydrogen-bond acceptors (Lipinski definition) is 4. The highest BCUT2D eigenvalue weighted by Gasteiger charge is 2.20. The summed E-state index contributed by atoms with van der Waals surface area (Å²) in [5.41, 5.74) is 3.00. The van der Waals surface area contributed by atoms with Gasteiger partial charge in [-0.2, -0.15) is 5.26 Å². The topological polar surface area (TPSA) is 58.8 Å². The number of methoxy groups -OCH3 is 1. The van der Waals surface area contributed by atoms with Gasteiger partial charge in [-0.05, 0) is 42.7 Å². The zero-order valence-corrected chi connectivity index (χ0v) is 11.2. The molecule has 1 heterocycles. The molecule has 0 radical (unpaired) electrons. The largest absolute Gasteiger partial charge is 0.496 e. The lowest BCUT2D eigenvalue weighted by Gasteiger charge is -2.15. The van der Waals surface area contributed by atoms with Crippen LogP contribution in [0.15, 0.2) is 30.6 Å². The van der Waals surface area contributed by atoms with E-state index in [0.717, 1.165) is 22.4 Å². The Morgan fingerprint density at radius 1 is 1.16 bits per heavy atom. The molecule has 0 fully saturated rings. The average Bonchev–Trinajstić information content (AvgIpc) is 2.45. The number of benzene rings is 1. The third-order valence-corrected chi connectivity index (χ3v) is 3.28. The molecule has 2 rings (SSSR count). The highest BCUT2D eigenvalue weighted by molar-refractivity contribution is 5.48. The van der Waals surface area contributed by atoms with Crippen LogP contribution in [0.1, 0.15) is 28.4 Å². The van der Waals surface area contributed by atoms with E-state index in [2.05, 4.69) is 16.0 Å². The predicted molar refractivity (Wildman–Crippen MR) is 72.0 cm³/mol. The van der Waals surface area contributed by atoms with Crippen LogP contribution in [0.3, 0.4) is 0 Å². The molecule has 0 bridgehead atoms. The van der Waals surface area contributed by atoms with Gasteiger partial charge in [0.25, 0.3) is 0 Å². The first-order chi connectivity index (χ1) is 9.19. The summed E-state index contributed by atoms with van der Waals surface area (Å²) in [6.45, 7) is 3.97. The number of nitrogens with zero attached hydrogens (tertiary/aromatic N) is 3. The molecule has 0 saturated heterocycles. The van der Waals surface area contributed by atoms with Crippen LogP contribution >= 0.6 is 0 Å². The number of nitriles is 1. The molecular weight excluding hydrogens is 238 g/mol. The highest BCUT2D eigenvalue weighted by atomic mass is 16.5. The zero-order chi connectivity index (χ0) is 13.8. The van der Waals surface area contributed by atoms with Crippen LogP contribution in [0.5, 0.6) is 5.75 Å². The molecule has 0 aliphatic heterocycles. The van der Waals surface area contributed by atoms with E-state index >= 15 is 0 Å². The van der Waals surface area contributed by atoms with Crippen molar-refractivity contribution >= 4 is 0 Å². The lowest BCUT2D eigenvalue weighted by molar-refractivity contribution is 0.411. The third-order valence-electron chi connectivity index (χ3n) is 3.28. The van der Waals surface area contributed by atoms with E-state index in [9.17, 15) is 5.26 Å². The molecule has 1 aromatic heterocycles. The van der Waals surface area contributed by atoms with Crippen LogP contribution < -0.4 is 4.74 Å². The van der Waals surface area contributed by atoms with Gasteiger partial charge in [-0.15, -0.1) is 0 Å². The van der Waals surface area contributed by atoms with Crippen LogP contribution in [0.2, 0.25) is 0 Å².